The van der Waals surface area contributed by atoms with E-state index in [1.54, 1.807) is 13.1 Å². The van der Waals surface area contributed by atoms with Crippen LogP contribution in [0.4, 0.5) is 11.5 Å². The number of aromatic nitrogens is 1. The van der Waals surface area contributed by atoms with Gasteiger partial charge in [0.2, 0.25) is 0 Å². The summed E-state index contributed by atoms with van der Waals surface area (Å²) >= 11 is 3.39. The summed E-state index contributed by atoms with van der Waals surface area (Å²) in [5.41, 5.74) is 3.33. The highest BCUT2D eigenvalue weighted by Gasteiger charge is 2.12. The predicted octanol–water partition coefficient (Wildman–Crippen LogP) is 3.75. The zero-order chi connectivity index (χ0) is 14.7. The van der Waals surface area contributed by atoms with E-state index in [9.17, 15) is 4.79 Å². The molecule has 104 valence electrons. The number of hydrogen-bond donors (Lipinski definition) is 2. The van der Waals surface area contributed by atoms with Crippen LogP contribution in [0.1, 0.15) is 21.6 Å². The molecule has 2 aromatic rings. The lowest BCUT2D eigenvalue weighted by atomic mass is 10.1. The lowest BCUT2D eigenvalue weighted by Gasteiger charge is -2.11. The van der Waals surface area contributed by atoms with Crippen molar-refractivity contribution in [3.8, 4) is 0 Å². The molecule has 0 aliphatic carbocycles. The Morgan fingerprint density at radius 3 is 2.60 bits per heavy atom. The molecule has 0 unspecified atom stereocenters. The van der Waals surface area contributed by atoms with Gasteiger partial charge in [0.1, 0.15) is 5.82 Å². The van der Waals surface area contributed by atoms with E-state index < -0.39 is 0 Å². The van der Waals surface area contributed by atoms with Crippen molar-refractivity contribution in [2.45, 2.75) is 13.8 Å². The largest absolute Gasteiger partial charge is 0.387 e. The van der Waals surface area contributed by atoms with Crippen molar-refractivity contribution in [2.24, 2.45) is 0 Å². The first-order valence-electron chi connectivity index (χ1n) is 6.24. The molecule has 0 saturated heterocycles. The fraction of sp³-hybridized carbons (Fsp3) is 0.200. The van der Waals surface area contributed by atoms with Crippen LogP contribution in [0.25, 0.3) is 0 Å². The van der Waals surface area contributed by atoms with Crippen molar-refractivity contribution in [1.29, 1.82) is 0 Å². The van der Waals surface area contributed by atoms with Gasteiger partial charge in [-0.05, 0) is 59.6 Å². The molecule has 0 atom stereocenters. The smallest absolute Gasteiger partial charge is 0.258 e. The second-order valence-corrected chi connectivity index (χ2v) is 5.37. The van der Waals surface area contributed by atoms with Crippen LogP contribution in [-0.2, 0) is 0 Å². The number of carbonyl (C=O) groups is 1. The fourth-order valence-corrected chi connectivity index (χ4v) is 2.08. The predicted molar refractivity (Wildman–Crippen MR) is 85.4 cm³/mol. The van der Waals surface area contributed by atoms with Crippen molar-refractivity contribution in [1.82, 2.24) is 4.98 Å². The van der Waals surface area contributed by atoms with Crippen molar-refractivity contribution in [3.05, 3.63) is 51.6 Å². The van der Waals surface area contributed by atoms with Gasteiger partial charge in [-0.2, -0.15) is 0 Å². The molecule has 0 aliphatic rings. The minimum atomic E-state index is -0.177. The van der Waals surface area contributed by atoms with E-state index >= 15 is 0 Å². The number of anilines is 2. The van der Waals surface area contributed by atoms with Gasteiger partial charge in [-0.25, -0.2) is 4.98 Å². The number of nitrogens with one attached hydrogen (secondary N) is 2. The average Bonchev–Trinajstić information content (AvgIpc) is 2.42. The Morgan fingerprint density at radius 2 is 1.95 bits per heavy atom. The molecule has 1 amide bonds. The van der Waals surface area contributed by atoms with Crippen LogP contribution in [0.3, 0.4) is 0 Å². The maximum atomic E-state index is 12.3. The van der Waals surface area contributed by atoms with E-state index in [1.807, 2.05) is 38.1 Å². The Bertz CT molecular complexity index is 656. The molecule has 0 fully saturated rings. The highest BCUT2D eigenvalue weighted by molar-refractivity contribution is 9.10. The lowest BCUT2D eigenvalue weighted by molar-refractivity contribution is 0.102. The van der Waals surface area contributed by atoms with Gasteiger partial charge in [0.25, 0.3) is 5.91 Å². The van der Waals surface area contributed by atoms with E-state index in [-0.39, 0.29) is 5.91 Å². The van der Waals surface area contributed by atoms with Crippen LogP contribution in [0.2, 0.25) is 0 Å². The monoisotopic (exact) mass is 333 g/mol. The van der Waals surface area contributed by atoms with Gasteiger partial charge in [0, 0.05) is 17.2 Å². The summed E-state index contributed by atoms with van der Waals surface area (Å²) in [6.45, 7) is 3.87. The van der Waals surface area contributed by atoms with Gasteiger partial charge < -0.3 is 10.6 Å². The first-order valence-corrected chi connectivity index (χ1v) is 7.03. The van der Waals surface area contributed by atoms with Gasteiger partial charge in [-0.1, -0.05) is 6.07 Å². The van der Waals surface area contributed by atoms with Gasteiger partial charge in [0.15, 0.2) is 0 Å². The molecular formula is C15H16BrN3O. The van der Waals surface area contributed by atoms with E-state index in [2.05, 4.69) is 31.5 Å². The van der Waals surface area contributed by atoms with Crippen molar-refractivity contribution >= 4 is 33.3 Å². The summed E-state index contributed by atoms with van der Waals surface area (Å²) in [7, 11) is 1.80. The second kappa shape index (κ2) is 6.05. The molecule has 2 N–H and O–H groups in total. The summed E-state index contributed by atoms with van der Waals surface area (Å²) in [5.74, 6) is 0.363. The molecular weight excluding hydrogens is 318 g/mol. The third-order valence-corrected chi connectivity index (χ3v) is 3.79. The van der Waals surface area contributed by atoms with E-state index in [0.29, 0.717) is 11.4 Å². The third kappa shape index (κ3) is 3.17. The summed E-state index contributed by atoms with van der Waals surface area (Å²) in [6, 6.07) is 9.29. The van der Waals surface area contributed by atoms with Crippen LogP contribution in [-0.4, -0.2) is 17.9 Å². The molecule has 1 heterocycles. The summed E-state index contributed by atoms with van der Waals surface area (Å²) in [4.78, 5) is 16.6. The zero-order valence-electron chi connectivity index (χ0n) is 11.6. The van der Waals surface area contributed by atoms with Gasteiger partial charge in [-0.15, -0.1) is 0 Å². The summed E-state index contributed by atoms with van der Waals surface area (Å²) in [6.07, 6.45) is 0. The van der Waals surface area contributed by atoms with Crippen molar-refractivity contribution < 1.29 is 4.79 Å². The quantitative estimate of drug-likeness (QED) is 0.899. The maximum Gasteiger partial charge on any atom is 0.258 e. The minimum Gasteiger partial charge on any atom is -0.387 e. The number of benzene rings is 1. The van der Waals surface area contributed by atoms with Gasteiger partial charge in [0.05, 0.1) is 11.3 Å². The van der Waals surface area contributed by atoms with E-state index in [4.69, 9.17) is 0 Å². The summed E-state index contributed by atoms with van der Waals surface area (Å²) < 4.78 is 0.918. The van der Waals surface area contributed by atoms with E-state index in [1.165, 1.54) is 0 Å². The number of hydrogen-bond acceptors (Lipinski definition) is 3. The van der Waals surface area contributed by atoms with Crippen LogP contribution in [0, 0.1) is 13.8 Å². The molecule has 0 aliphatic heterocycles. The molecule has 4 nitrogen and oxygen atoms in total. The van der Waals surface area contributed by atoms with Crippen LogP contribution in [0.15, 0.2) is 34.8 Å². The zero-order valence-corrected chi connectivity index (χ0v) is 13.2. The Morgan fingerprint density at radius 1 is 1.20 bits per heavy atom. The SMILES string of the molecule is CNc1cc(C)ccc1C(=O)Nc1ccc(Br)c(C)n1. The van der Waals surface area contributed by atoms with Crippen molar-refractivity contribution in [2.75, 3.05) is 17.7 Å². The van der Waals surface area contributed by atoms with Crippen molar-refractivity contribution in [3.63, 3.8) is 0 Å². The highest BCUT2D eigenvalue weighted by Crippen LogP contribution is 2.20. The molecule has 0 radical (unpaired) electrons. The Balaban J connectivity index is 2.25. The normalized spacial score (nSPS) is 10.2. The molecule has 2 rings (SSSR count). The highest BCUT2D eigenvalue weighted by atomic mass is 79.9. The number of nitrogens with zero attached hydrogens (tertiary/aromatic N) is 1. The molecule has 0 spiro atoms. The minimum absolute atomic E-state index is 0.177. The van der Waals surface area contributed by atoms with Gasteiger partial charge in [-0.3, -0.25) is 4.79 Å². The maximum absolute atomic E-state index is 12.3. The Kier molecular flexibility index (Phi) is 4.39. The lowest BCUT2D eigenvalue weighted by Crippen LogP contribution is -2.15. The Hall–Kier alpha value is -1.88. The standard InChI is InChI=1S/C15H16BrN3O/c1-9-4-5-11(13(8-9)17-3)15(20)19-14-7-6-12(16)10(2)18-14/h4-8,17H,1-3H3,(H,18,19,20). The number of aryl methyl sites for hydroxylation is 2. The molecule has 0 bridgehead atoms. The topological polar surface area (TPSA) is 54.0 Å². The first-order chi connectivity index (χ1) is 9.51. The number of rotatable bonds is 3. The van der Waals surface area contributed by atoms with Crippen LogP contribution in [0.5, 0.6) is 0 Å². The molecule has 1 aromatic heterocycles. The number of amides is 1. The van der Waals surface area contributed by atoms with Crippen LogP contribution >= 0.6 is 15.9 Å². The second-order valence-electron chi connectivity index (χ2n) is 4.52. The Labute approximate surface area is 126 Å². The molecule has 20 heavy (non-hydrogen) atoms. The first kappa shape index (κ1) is 14.5. The number of pyridine rings is 1. The molecule has 0 saturated carbocycles. The third-order valence-electron chi connectivity index (χ3n) is 2.95. The number of carbonyl (C=O) groups excluding carboxylic acids is 1. The van der Waals surface area contributed by atoms with E-state index in [0.717, 1.165) is 21.4 Å². The molecule has 5 heteroatoms. The van der Waals surface area contributed by atoms with Gasteiger partial charge >= 0.3 is 0 Å². The van der Waals surface area contributed by atoms with Crippen LogP contribution < -0.4 is 10.6 Å². The average molecular weight is 334 g/mol. The summed E-state index contributed by atoms with van der Waals surface area (Å²) in [5, 5.41) is 5.84. The fourth-order valence-electron chi connectivity index (χ4n) is 1.86. The number of halogens is 1. The molecule has 1 aromatic carbocycles.